The number of carbonyl (C=O) groups is 3. The van der Waals surface area contributed by atoms with E-state index in [-0.39, 0.29) is 34.4 Å². The number of fused-ring (bicyclic) bond motifs is 2. The molecule has 3 amide bonds. The van der Waals surface area contributed by atoms with Gasteiger partial charge in [-0.05, 0) is 60.2 Å². The smallest absolute Gasteiger partial charge is 0.496 e. The van der Waals surface area contributed by atoms with Gasteiger partial charge in [-0.2, -0.15) is 13.2 Å². The molecule has 44 heavy (non-hydrogen) atoms. The molecule has 0 aliphatic heterocycles. The normalized spacial score (nSPS) is 20.7. The number of ether oxygens (including phenoxy) is 1. The monoisotopic (exact) mass is 631 g/mol. The number of sulfone groups is 1. The third-order valence-corrected chi connectivity index (χ3v) is 9.22. The molecule has 2 aliphatic carbocycles. The molecule has 5 rings (SSSR count). The predicted octanol–water partition coefficient (Wildman–Crippen LogP) is 4.92. The van der Waals surface area contributed by atoms with E-state index in [2.05, 4.69) is 16.0 Å². The van der Waals surface area contributed by atoms with Crippen LogP contribution in [0.2, 0.25) is 0 Å². The predicted molar refractivity (Wildman–Crippen MR) is 152 cm³/mol. The molecule has 0 spiro atoms. The zero-order valence-electron chi connectivity index (χ0n) is 22.9. The number of methoxy groups -OCH3 is 1. The van der Waals surface area contributed by atoms with E-state index in [1.807, 2.05) is 12.2 Å². The number of carbonyl (C=O) groups excluding carboxylic acids is 3. The van der Waals surface area contributed by atoms with Gasteiger partial charge in [0.1, 0.15) is 11.6 Å². The van der Waals surface area contributed by atoms with Crippen LogP contribution in [0.25, 0.3) is 11.1 Å². The molecule has 0 saturated heterocycles. The fraction of sp³-hybridized carbons (Fsp3) is 0.233. The second kappa shape index (κ2) is 11.8. The number of amides is 3. The highest BCUT2D eigenvalue weighted by Gasteiger charge is 2.49. The maximum Gasteiger partial charge on any atom is 0.501 e. The minimum absolute atomic E-state index is 0.00466. The van der Waals surface area contributed by atoms with Crippen molar-refractivity contribution < 1.29 is 45.1 Å². The number of benzene rings is 3. The first-order chi connectivity index (χ1) is 20.8. The molecular weight excluding hydrogens is 606 g/mol. The summed E-state index contributed by atoms with van der Waals surface area (Å²) in [4.78, 5) is 36.6. The lowest BCUT2D eigenvalue weighted by molar-refractivity contribution is -0.121. The van der Waals surface area contributed by atoms with Gasteiger partial charge >= 0.3 is 5.51 Å². The van der Waals surface area contributed by atoms with Gasteiger partial charge in [-0.1, -0.05) is 30.4 Å². The largest absolute Gasteiger partial charge is 0.501 e. The Kier molecular flexibility index (Phi) is 8.21. The topological polar surface area (TPSA) is 131 Å². The third-order valence-electron chi connectivity index (χ3n) is 7.73. The zero-order valence-corrected chi connectivity index (χ0v) is 23.7. The summed E-state index contributed by atoms with van der Waals surface area (Å²) in [5.41, 5.74) is -4.68. The first-order valence-electron chi connectivity index (χ1n) is 13.2. The van der Waals surface area contributed by atoms with Crippen LogP contribution < -0.4 is 20.7 Å². The summed E-state index contributed by atoms with van der Waals surface area (Å²) < 4.78 is 83.1. The molecule has 14 heteroatoms. The SMILES string of the molecule is COc1cc(F)c(-c2ccc(NC=O)cc2)cc1C(=O)N[C@H]1[C@@H](C(=O)Nc2cccc(S(=O)(=O)C(F)(F)F)c2)[C@@H]2C=C[C@H]1C2. The van der Waals surface area contributed by atoms with E-state index in [0.29, 0.717) is 24.1 Å². The first-order valence-corrected chi connectivity index (χ1v) is 14.7. The summed E-state index contributed by atoms with van der Waals surface area (Å²) in [6, 6.07) is 11.8. The van der Waals surface area contributed by atoms with Crippen molar-refractivity contribution in [2.45, 2.75) is 22.9 Å². The fourth-order valence-electron chi connectivity index (χ4n) is 5.64. The van der Waals surface area contributed by atoms with Crippen LogP contribution in [-0.2, 0) is 19.4 Å². The Bertz CT molecular complexity index is 1760. The van der Waals surface area contributed by atoms with Crippen LogP contribution in [0, 0.1) is 23.6 Å². The van der Waals surface area contributed by atoms with E-state index in [4.69, 9.17) is 4.74 Å². The van der Waals surface area contributed by atoms with Crippen LogP contribution in [0.1, 0.15) is 16.8 Å². The Balaban J connectivity index is 1.39. The molecule has 2 aliphatic rings. The molecule has 3 aromatic carbocycles. The summed E-state index contributed by atoms with van der Waals surface area (Å²) in [7, 11) is -4.36. The molecule has 4 atom stereocenters. The summed E-state index contributed by atoms with van der Waals surface area (Å²) in [5.74, 6) is -3.35. The van der Waals surface area contributed by atoms with E-state index in [9.17, 15) is 36.0 Å². The summed E-state index contributed by atoms with van der Waals surface area (Å²) in [6.45, 7) is 0. The lowest BCUT2D eigenvalue weighted by atomic mass is 9.87. The maximum atomic E-state index is 15.0. The van der Waals surface area contributed by atoms with Crippen molar-refractivity contribution in [3.63, 3.8) is 0 Å². The number of halogens is 4. The van der Waals surface area contributed by atoms with E-state index >= 15 is 4.39 Å². The average Bonchev–Trinajstić information content (AvgIpc) is 3.59. The minimum atomic E-state index is -5.63. The zero-order chi connectivity index (χ0) is 31.8. The molecule has 1 fully saturated rings. The van der Waals surface area contributed by atoms with Gasteiger partial charge in [0.2, 0.25) is 12.3 Å². The standard InChI is InChI=1S/C30H25F4N3O6S/c1-43-25-14-24(31)22(16-7-9-19(10-8-16)35-15-38)13-23(25)28(39)37-27-18-6-5-17(11-18)26(27)29(40)36-20-3-2-4-21(12-20)44(41,42)30(32,33)34/h2-10,12-15,17-18,26-27H,11H2,1H3,(H,35,38)(H,36,40)(H,37,39)/t17-,18+,26+,27-/m1/s1. The van der Waals surface area contributed by atoms with Crippen molar-refractivity contribution in [3.8, 4) is 16.9 Å². The van der Waals surface area contributed by atoms with Crippen molar-refractivity contribution >= 4 is 39.4 Å². The van der Waals surface area contributed by atoms with E-state index < -0.39 is 49.8 Å². The second-order valence-corrected chi connectivity index (χ2v) is 12.3. The molecule has 3 aromatic rings. The molecule has 0 unspecified atom stereocenters. The quantitative estimate of drug-likeness (QED) is 0.175. The second-order valence-electron chi connectivity index (χ2n) is 10.3. The highest BCUT2D eigenvalue weighted by molar-refractivity contribution is 7.92. The van der Waals surface area contributed by atoms with Crippen molar-refractivity contribution in [1.82, 2.24) is 5.32 Å². The lowest BCUT2D eigenvalue weighted by Crippen LogP contribution is -2.47. The maximum absolute atomic E-state index is 15.0. The molecule has 0 radical (unpaired) electrons. The van der Waals surface area contributed by atoms with Crippen LogP contribution in [0.4, 0.5) is 28.9 Å². The fourth-order valence-corrected chi connectivity index (χ4v) is 6.45. The number of anilines is 2. The van der Waals surface area contributed by atoms with Crippen molar-refractivity contribution in [2.24, 2.45) is 17.8 Å². The van der Waals surface area contributed by atoms with Crippen LogP contribution >= 0.6 is 0 Å². The van der Waals surface area contributed by atoms with Gasteiger partial charge in [-0.25, -0.2) is 12.8 Å². The Hall–Kier alpha value is -4.72. The molecule has 0 heterocycles. The lowest BCUT2D eigenvalue weighted by Gasteiger charge is -2.28. The molecule has 1 saturated carbocycles. The number of allylic oxidation sites excluding steroid dienone is 1. The van der Waals surface area contributed by atoms with Crippen LogP contribution in [0.15, 0.2) is 77.7 Å². The van der Waals surface area contributed by atoms with Gasteiger partial charge in [0.25, 0.3) is 15.7 Å². The summed E-state index contributed by atoms with van der Waals surface area (Å²) in [5, 5.41) is 7.82. The van der Waals surface area contributed by atoms with Crippen LogP contribution in [-0.4, -0.2) is 45.3 Å². The van der Waals surface area contributed by atoms with Crippen molar-refractivity contribution in [2.75, 3.05) is 17.7 Å². The van der Waals surface area contributed by atoms with Gasteiger partial charge in [0.15, 0.2) is 0 Å². The van der Waals surface area contributed by atoms with Gasteiger partial charge in [-0.15, -0.1) is 0 Å². The summed E-state index contributed by atoms with van der Waals surface area (Å²) in [6.07, 6.45) is 4.71. The highest BCUT2D eigenvalue weighted by atomic mass is 32.2. The Morgan fingerprint density at radius 1 is 0.977 bits per heavy atom. The van der Waals surface area contributed by atoms with Crippen molar-refractivity contribution in [1.29, 1.82) is 0 Å². The number of hydrogen-bond donors (Lipinski definition) is 3. The van der Waals surface area contributed by atoms with Gasteiger partial charge in [0, 0.05) is 29.0 Å². The third kappa shape index (κ3) is 5.76. The first kappa shape index (κ1) is 30.7. The molecule has 0 aromatic heterocycles. The molecule has 2 bridgehead atoms. The Morgan fingerprint density at radius 3 is 2.34 bits per heavy atom. The average molecular weight is 632 g/mol. The number of nitrogens with one attached hydrogen (secondary N) is 3. The minimum Gasteiger partial charge on any atom is -0.496 e. The van der Waals surface area contributed by atoms with Gasteiger partial charge in [-0.3, -0.25) is 14.4 Å². The Labute approximate surface area is 249 Å². The molecule has 9 nitrogen and oxygen atoms in total. The van der Waals surface area contributed by atoms with Gasteiger partial charge in [0.05, 0.1) is 23.5 Å². The summed E-state index contributed by atoms with van der Waals surface area (Å²) >= 11 is 0. The number of hydrogen-bond acceptors (Lipinski definition) is 6. The van der Waals surface area contributed by atoms with E-state index in [0.717, 1.165) is 24.3 Å². The highest BCUT2D eigenvalue weighted by Crippen LogP contribution is 2.45. The van der Waals surface area contributed by atoms with E-state index in [1.165, 1.54) is 19.2 Å². The molecule has 230 valence electrons. The molecule has 3 N–H and O–H groups in total. The van der Waals surface area contributed by atoms with Crippen molar-refractivity contribution in [3.05, 3.63) is 84.2 Å². The number of alkyl halides is 3. The Morgan fingerprint density at radius 2 is 1.68 bits per heavy atom. The number of rotatable bonds is 9. The van der Waals surface area contributed by atoms with E-state index in [1.54, 1.807) is 24.3 Å². The van der Waals surface area contributed by atoms with Crippen LogP contribution in [0.3, 0.4) is 0 Å². The van der Waals surface area contributed by atoms with Gasteiger partial charge < -0.3 is 20.7 Å². The molecular formula is C30H25F4N3O6S. The van der Waals surface area contributed by atoms with Crippen LogP contribution in [0.5, 0.6) is 5.75 Å².